The molecule has 0 saturated carbocycles. The smallest absolute Gasteiger partial charge is 0.373 e. The number of nitrogens with zero attached hydrogens (tertiary/aromatic N) is 4. The van der Waals surface area contributed by atoms with Gasteiger partial charge in [-0.25, -0.2) is 9.78 Å². The molecule has 0 spiro atoms. The van der Waals surface area contributed by atoms with Gasteiger partial charge in [-0.1, -0.05) is 60.7 Å². The van der Waals surface area contributed by atoms with Gasteiger partial charge in [0.2, 0.25) is 5.82 Å². The van der Waals surface area contributed by atoms with Crippen molar-refractivity contribution < 1.29 is 19.2 Å². The van der Waals surface area contributed by atoms with Crippen LogP contribution in [0.1, 0.15) is 21.5 Å². The lowest BCUT2D eigenvalue weighted by Gasteiger charge is -2.24. The largest absolute Gasteiger partial charge is 0.465 e. The number of benzene rings is 3. The minimum atomic E-state index is -0.545. The van der Waals surface area contributed by atoms with Crippen LogP contribution < -0.4 is 9.64 Å². The van der Waals surface area contributed by atoms with Crippen molar-refractivity contribution in [3.8, 4) is 11.6 Å². The maximum Gasteiger partial charge on any atom is 0.373 e. The molecule has 0 fully saturated rings. The van der Waals surface area contributed by atoms with E-state index in [1.54, 1.807) is 0 Å². The molecular weight excluding hydrogens is 448 g/mol. The van der Waals surface area contributed by atoms with Crippen LogP contribution in [-0.2, 0) is 17.8 Å². The van der Waals surface area contributed by atoms with Crippen molar-refractivity contribution in [1.29, 1.82) is 0 Å². The molecule has 0 saturated heterocycles. The Morgan fingerprint density at radius 1 is 0.886 bits per heavy atom. The highest BCUT2D eigenvalue weighted by Gasteiger charge is 2.29. The lowest BCUT2D eigenvalue weighted by atomic mass is 10.1. The molecule has 0 amide bonds. The second-order valence-corrected chi connectivity index (χ2v) is 7.55. The van der Waals surface area contributed by atoms with E-state index in [-0.39, 0.29) is 23.1 Å². The van der Waals surface area contributed by atoms with E-state index >= 15 is 0 Å². The van der Waals surface area contributed by atoms with E-state index < -0.39 is 10.9 Å². The average molecular weight is 470 g/mol. The fraction of sp³-hybridized carbons (Fsp3) is 0.115. The van der Waals surface area contributed by atoms with Crippen molar-refractivity contribution in [2.45, 2.75) is 13.1 Å². The number of methoxy groups -OCH3 is 1. The molecule has 0 atom stereocenters. The van der Waals surface area contributed by atoms with Crippen LogP contribution in [0.25, 0.3) is 0 Å². The normalized spacial score (nSPS) is 10.4. The molecule has 176 valence electrons. The van der Waals surface area contributed by atoms with Gasteiger partial charge in [0, 0.05) is 13.1 Å². The van der Waals surface area contributed by atoms with Crippen molar-refractivity contribution in [3.63, 3.8) is 0 Å². The van der Waals surface area contributed by atoms with Gasteiger partial charge in [0.15, 0.2) is 0 Å². The summed E-state index contributed by atoms with van der Waals surface area (Å²) in [5.41, 5.74) is 1.92. The van der Waals surface area contributed by atoms with Gasteiger partial charge >= 0.3 is 17.5 Å². The van der Waals surface area contributed by atoms with Crippen molar-refractivity contribution in [2.24, 2.45) is 0 Å². The molecular formula is C26H22N4O5. The molecule has 4 aromatic rings. The van der Waals surface area contributed by atoms with Gasteiger partial charge in [-0.3, -0.25) is 10.1 Å². The molecule has 3 aromatic carbocycles. The van der Waals surface area contributed by atoms with Gasteiger partial charge in [-0.15, -0.1) is 0 Å². The molecule has 9 nitrogen and oxygen atoms in total. The summed E-state index contributed by atoms with van der Waals surface area (Å²) in [4.78, 5) is 33.4. The van der Waals surface area contributed by atoms with Crippen LogP contribution in [0.3, 0.4) is 0 Å². The third-order valence-corrected chi connectivity index (χ3v) is 5.17. The Morgan fingerprint density at radius 2 is 1.46 bits per heavy atom. The molecule has 9 heteroatoms. The SMILES string of the molecule is COC(=O)c1ccc(Oc2ncnc(N(Cc3ccccc3)Cc3ccccc3)c2[N+](=O)[O-])cc1. The monoisotopic (exact) mass is 470 g/mol. The minimum Gasteiger partial charge on any atom is -0.465 e. The first-order chi connectivity index (χ1) is 17.0. The number of carbonyl (C=O) groups is 1. The van der Waals surface area contributed by atoms with Gasteiger partial charge < -0.3 is 14.4 Å². The molecule has 0 N–H and O–H groups in total. The number of aromatic nitrogens is 2. The standard InChI is InChI=1S/C26H22N4O5/c1-34-26(31)21-12-14-22(15-13-21)35-25-23(30(32)33)24(27-18-28-25)29(16-19-8-4-2-5-9-19)17-20-10-6-3-7-11-20/h2-15,18H,16-17H2,1H3. The van der Waals surface area contributed by atoms with E-state index in [0.29, 0.717) is 18.7 Å². The first-order valence-corrected chi connectivity index (χ1v) is 10.7. The summed E-state index contributed by atoms with van der Waals surface area (Å²) in [6, 6.07) is 25.3. The summed E-state index contributed by atoms with van der Waals surface area (Å²) in [7, 11) is 1.29. The maximum absolute atomic E-state index is 12.2. The first-order valence-electron chi connectivity index (χ1n) is 10.7. The summed E-state index contributed by atoms with van der Waals surface area (Å²) in [6.45, 7) is 0.779. The van der Waals surface area contributed by atoms with Crippen LogP contribution in [-0.4, -0.2) is 28.0 Å². The molecule has 0 aliphatic rings. The Balaban J connectivity index is 1.71. The fourth-order valence-corrected chi connectivity index (χ4v) is 3.52. The third-order valence-electron chi connectivity index (χ3n) is 5.17. The topological polar surface area (TPSA) is 108 Å². The van der Waals surface area contributed by atoms with E-state index in [1.807, 2.05) is 65.6 Å². The maximum atomic E-state index is 12.2. The van der Waals surface area contributed by atoms with Crippen molar-refractivity contribution >= 4 is 17.5 Å². The summed E-state index contributed by atoms with van der Waals surface area (Å²) in [6.07, 6.45) is 1.24. The van der Waals surface area contributed by atoms with Gasteiger partial charge in [-0.2, -0.15) is 4.98 Å². The number of carbonyl (C=O) groups excluding carboxylic acids is 1. The first kappa shape index (κ1) is 23.4. The lowest BCUT2D eigenvalue weighted by molar-refractivity contribution is -0.385. The number of hydrogen-bond donors (Lipinski definition) is 0. The van der Waals surface area contributed by atoms with E-state index in [9.17, 15) is 14.9 Å². The molecule has 1 aromatic heterocycles. The zero-order valence-corrected chi connectivity index (χ0v) is 18.9. The van der Waals surface area contributed by atoms with E-state index in [4.69, 9.17) is 4.74 Å². The molecule has 1 heterocycles. The Labute approximate surface area is 201 Å². The van der Waals surface area contributed by atoms with Crippen molar-refractivity contribution in [1.82, 2.24) is 9.97 Å². The quantitative estimate of drug-likeness (QED) is 0.187. The van der Waals surface area contributed by atoms with Crippen LogP contribution in [0.5, 0.6) is 11.6 Å². The molecule has 0 aliphatic carbocycles. The summed E-state index contributed by atoms with van der Waals surface area (Å²) in [5, 5.41) is 12.2. The van der Waals surface area contributed by atoms with Crippen molar-refractivity contribution in [3.05, 3.63) is 118 Å². The van der Waals surface area contributed by atoms with Crippen LogP contribution in [0, 0.1) is 10.1 Å². The zero-order chi connectivity index (χ0) is 24.6. The van der Waals surface area contributed by atoms with Crippen LogP contribution in [0.4, 0.5) is 11.5 Å². The molecule has 0 aliphatic heterocycles. The third kappa shape index (κ3) is 5.77. The van der Waals surface area contributed by atoms with E-state index in [2.05, 4.69) is 14.7 Å². The highest BCUT2D eigenvalue weighted by Crippen LogP contribution is 2.37. The average Bonchev–Trinajstić information content (AvgIpc) is 2.89. The van der Waals surface area contributed by atoms with Crippen LogP contribution in [0.15, 0.2) is 91.3 Å². The zero-order valence-electron chi connectivity index (χ0n) is 18.9. The summed E-state index contributed by atoms with van der Waals surface area (Å²) >= 11 is 0. The van der Waals surface area contributed by atoms with Crippen LogP contribution in [0.2, 0.25) is 0 Å². The lowest BCUT2D eigenvalue weighted by Crippen LogP contribution is -2.24. The molecule has 0 bridgehead atoms. The van der Waals surface area contributed by atoms with Crippen molar-refractivity contribution in [2.75, 3.05) is 12.0 Å². The van der Waals surface area contributed by atoms with E-state index in [1.165, 1.54) is 37.7 Å². The number of ether oxygens (including phenoxy) is 2. The number of nitro groups is 1. The number of esters is 1. The summed E-state index contributed by atoms with van der Waals surface area (Å²) < 4.78 is 10.4. The Hall–Kier alpha value is -4.79. The highest BCUT2D eigenvalue weighted by atomic mass is 16.6. The van der Waals surface area contributed by atoms with Gasteiger partial charge in [0.25, 0.3) is 0 Å². The second-order valence-electron chi connectivity index (χ2n) is 7.55. The number of hydrogen-bond acceptors (Lipinski definition) is 8. The molecule has 0 radical (unpaired) electrons. The number of anilines is 1. The predicted molar refractivity (Wildman–Crippen MR) is 129 cm³/mol. The second kappa shape index (κ2) is 10.9. The fourth-order valence-electron chi connectivity index (χ4n) is 3.52. The highest BCUT2D eigenvalue weighted by molar-refractivity contribution is 5.89. The van der Waals surface area contributed by atoms with Crippen LogP contribution >= 0.6 is 0 Å². The Kier molecular flexibility index (Phi) is 7.27. The molecule has 35 heavy (non-hydrogen) atoms. The number of rotatable bonds is 9. The molecule has 0 unspecified atom stereocenters. The molecule has 4 rings (SSSR count). The Bertz CT molecular complexity index is 1260. The predicted octanol–water partition coefficient (Wildman–Crippen LogP) is 5.17. The van der Waals surface area contributed by atoms with Gasteiger partial charge in [0.05, 0.1) is 17.6 Å². The minimum absolute atomic E-state index is 0.138. The van der Waals surface area contributed by atoms with E-state index in [0.717, 1.165) is 11.1 Å². The van der Waals surface area contributed by atoms with Gasteiger partial charge in [-0.05, 0) is 35.4 Å². The Morgan fingerprint density at radius 3 is 1.97 bits per heavy atom. The van der Waals surface area contributed by atoms with Gasteiger partial charge in [0.1, 0.15) is 12.1 Å². The summed E-state index contributed by atoms with van der Waals surface area (Å²) in [5.74, 6) is -0.275.